The number of phenolic OH excluding ortho intramolecular Hbond substituents is 1. The number of ether oxygens (including phenoxy) is 1. The molecule has 2 aliphatic heterocycles. The number of carbonyl (C=O) groups is 1. The van der Waals surface area contributed by atoms with E-state index >= 15 is 4.39 Å². The van der Waals surface area contributed by atoms with Gasteiger partial charge in [0.15, 0.2) is 5.82 Å². The SMILES string of the molecule is CN1CCN(c2ccc(C(=O)Nc3n[nH]c4cc(-c5ccc(O)cc5F)c(Cc5cc(F)cc(F)c5)cc34)c(NC3CCOCC3)c2)CC1. The summed E-state index contributed by atoms with van der Waals surface area (Å²) in [6.45, 7) is 4.98. The molecule has 0 atom stereocenters. The first kappa shape index (κ1) is 32.5. The van der Waals surface area contributed by atoms with E-state index in [0.29, 0.717) is 46.4 Å². The Morgan fingerprint density at radius 2 is 1.69 bits per heavy atom. The van der Waals surface area contributed by atoms with E-state index in [-0.39, 0.29) is 35.5 Å². The number of phenols is 1. The lowest BCUT2D eigenvalue weighted by Gasteiger charge is -2.34. The Morgan fingerprint density at radius 3 is 2.43 bits per heavy atom. The van der Waals surface area contributed by atoms with E-state index in [4.69, 9.17) is 4.74 Å². The fraction of sp³-hybridized carbons (Fsp3) is 0.297. The summed E-state index contributed by atoms with van der Waals surface area (Å²) in [6.07, 6.45) is 1.71. The standard InChI is InChI=1S/C37H37F3N6O3/c1-45-8-10-46(11-9-45)27-2-4-30(34(19-27)41-26-6-12-49-13-7-26)37(48)42-36-32-17-23(14-22-15-24(38)18-25(39)16-22)31(21-35(32)43-44-36)29-5-3-28(47)20-33(29)40/h2-5,15-21,26,41,47H,6-14H2,1H3,(H2,42,43,44,48). The molecule has 254 valence electrons. The molecule has 1 aromatic heterocycles. The number of aromatic nitrogens is 2. The molecule has 4 N–H and O–H groups in total. The van der Waals surface area contributed by atoms with E-state index in [1.807, 2.05) is 18.2 Å². The Bertz CT molecular complexity index is 1980. The van der Waals surface area contributed by atoms with Crippen molar-refractivity contribution >= 4 is 34.0 Å². The van der Waals surface area contributed by atoms with Crippen molar-refractivity contribution in [2.45, 2.75) is 25.3 Å². The molecule has 3 heterocycles. The molecule has 0 radical (unpaired) electrons. The van der Waals surface area contributed by atoms with Crippen molar-refractivity contribution in [3.8, 4) is 16.9 Å². The number of anilines is 3. The summed E-state index contributed by atoms with van der Waals surface area (Å²) in [4.78, 5) is 18.6. The number of piperazine rings is 1. The number of fused-ring (bicyclic) bond motifs is 1. The monoisotopic (exact) mass is 670 g/mol. The first-order valence-electron chi connectivity index (χ1n) is 16.4. The Hall–Kier alpha value is -5.07. The highest BCUT2D eigenvalue weighted by atomic mass is 19.1. The number of hydrogen-bond acceptors (Lipinski definition) is 7. The van der Waals surface area contributed by atoms with Crippen LogP contribution in [0.2, 0.25) is 0 Å². The van der Waals surface area contributed by atoms with Gasteiger partial charge in [0.05, 0.1) is 11.1 Å². The van der Waals surface area contributed by atoms with Crippen molar-refractivity contribution in [3.05, 3.63) is 101 Å². The Balaban J connectivity index is 1.24. The average molecular weight is 671 g/mol. The van der Waals surface area contributed by atoms with Crippen LogP contribution in [-0.4, -0.2) is 78.6 Å². The molecule has 12 heteroatoms. The average Bonchev–Trinajstić information content (AvgIpc) is 3.46. The highest BCUT2D eigenvalue weighted by Crippen LogP contribution is 2.36. The number of carbonyl (C=O) groups excluding carboxylic acids is 1. The normalized spacial score (nSPS) is 15.9. The zero-order valence-corrected chi connectivity index (χ0v) is 27.0. The molecule has 2 saturated heterocycles. The molecule has 2 aliphatic rings. The van der Waals surface area contributed by atoms with Gasteiger partial charge in [0, 0.05) is 79.9 Å². The number of likely N-dealkylation sites (N-methyl/N-ethyl adjacent to an activating group) is 1. The van der Waals surface area contributed by atoms with Crippen molar-refractivity contribution in [2.75, 3.05) is 62.0 Å². The minimum absolute atomic E-state index is 0.0613. The molecular formula is C37H37F3N6O3. The first-order valence-corrected chi connectivity index (χ1v) is 16.4. The molecule has 0 spiro atoms. The third-order valence-corrected chi connectivity index (χ3v) is 9.28. The van der Waals surface area contributed by atoms with Crippen LogP contribution in [0.5, 0.6) is 5.75 Å². The lowest BCUT2D eigenvalue weighted by molar-refractivity contribution is 0.0904. The summed E-state index contributed by atoms with van der Waals surface area (Å²) in [5.74, 6) is -2.46. The van der Waals surface area contributed by atoms with Gasteiger partial charge in [0.2, 0.25) is 0 Å². The Labute approximate surface area is 281 Å². The number of aromatic amines is 1. The summed E-state index contributed by atoms with van der Waals surface area (Å²) in [7, 11) is 2.11. The van der Waals surface area contributed by atoms with Gasteiger partial charge in [0.25, 0.3) is 5.91 Å². The third kappa shape index (κ3) is 7.20. The van der Waals surface area contributed by atoms with Crippen LogP contribution < -0.4 is 15.5 Å². The van der Waals surface area contributed by atoms with Crippen LogP contribution in [0.4, 0.5) is 30.4 Å². The number of hydrogen-bond donors (Lipinski definition) is 4. The van der Waals surface area contributed by atoms with E-state index in [1.165, 1.54) is 24.3 Å². The van der Waals surface area contributed by atoms with E-state index in [0.717, 1.165) is 62.5 Å². The van der Waals surface area contributed by atoms with E-state index in [9.17, 15) is 18.7 Å². The maximum Gasteiger partial charge on any atom is 0.258 e. The second-order valence-electron chi connectivity index (χ2n) is 12.8. The van der Waals surface area contributed by atoms with Gasteiger partial charge in [-0.1, -0.05) is 0 Å². The predicted molar refractivity (Wildman–Crippen MR) is 184 cm³/mol. The molecule has 0 unspecified atom stereocenters. The lowest BCUT2D eigenvalue weighted by atomic mass is 9.93. The van der Waals surface area contributed by atoms with E-state index in [1.54, 1.807) is 12.1 Å². The van der Waals surface area contributed by atoms with Crippen LogP contribution in [0.1, 0.15) is 34.3 Å². The third-order valence-electron chi connectivity index (χ3n) is 9.28. The number of amides is 1. The van der Waals surface area contributed by atoms with Gasteiger partial charge in [-0.15, -0.1) is 0 Å². The molecule has 1 amide bonds. The minimum atomic E-state index is -0.728. The van der Waals surface area contributed by atoms with Gasteiger partial charge in [-0.25, -0.2) is 13.2 Å². The maximum absolute atomic E-state index is 15.1. The summed E-state index contributed by atoms with van der Waals surface area (Å²) in [6, 6.07) is 16.5. The fourth-order valence-electron chi connectivity index (χ4n) is 6.60. The zero-order valence-electron chi connectivity index (χ0n) is 27.0. The second kappa shape index (κ2) is 13.8. The van der Waals surface area contributed by atoms with Gasteiger partial charge in [-0.3, -0.25) is 9.89 Å². The first-order chi connectivity index (χ1) is 23.7. The van der Waals surface area contributed by atoms with Gasteiger partial charge in [-0.2, -0.15) is 5.10 Å². The van der Waals surface area contributed by atoms with Gasteiger partial charge >= 0.3 is 0 Å². The van der Waals surface area contributed by atoms with Gasteiger partial charge in [0.1, 0.15) is 23.2 Å². The zero-order chi connectivity index (χ0) is 34.1. The summed E-state index contributed by atoms with van der Waals surface area (Å²) in [5.41, 5.74) is 4.25. The maximum atomic E-state index is 15.1. The number of H-pyrrole nitrogens is 1. The molecule has 2 fully saturated rings. The number of nitrogens with one attached hydrogen (secondary N) is 3. The number of benzene rings is 4. The van der Waals surface area contributed by atoms with Crippen molar-refractivity contribution in [1.82, 2.24) is 15.1 Å². The van der Waals surface area contributed by atoms with Crippen LogP contribution in [0, 0.1) is 17.5 Å². The van der Waals surface area contributed by atoms with Crippen LogP contribution in [0.3, 0.4) is 0 Å². The van der Waals surface area contributed by atoms with Gasteiger partial charge < -0.3 is 30.3 Å². The number of aromatic hydroxyl groups is 1. The number of nitrogens with zero attached hydrogens (tertiary/aromatic N) is 3. The van der Waals surface area contributed by atoms with Crippen molar-refractivity contribution in [3.63, 3.8) is 0 Å². The largest absolute Gasteiger partial charge is 0.508 e. The predicted octanol–water partition coefficient (Wildman–Crippen LogP) is 6.54. The fourth-order valence-corrected chi connectivity index (χ4v) is 6.60. The smallest absolute Gasteiger partial charge is 0.258 e. The van der Waals surface area contributed by atoms with Crippen LogP contribution in [0.15, 0.2) is 66.7 Å². The topological polar surface area (TPSA) is 106 Å². The molecule has 7 rings (SSSR count). The molecule has 9 nitrogen and oxygen atoms in total. The molecule has 0 saturated carbocycles. The van der Waals surface area contributed by atoms with E-state index < -0.39 is 17.5 Å². The second-order valence-corrected chi connectivity index (χ2v) is 12.8. The Kier molecular flexibility index (Phi) is 9.15. The van der Waals surface area contributed by atoms with E-state index in [2.05, 4.69) is 37.7 Å². The van der Waals surface area contributed by atoms with Gasteiger partial charge in [-0.05, 0) is 97.6 Å². The summed E-state index contributed by atoms with van der Waals surface area (Å²) in [5, 5.41) is 24.2. The van der Waals surface area contributed by atoms with Crippen molar-refractivity contribution < 1.29 is 27.8 Å². The minimum Gasteiger partial charge on any atom is -0.508 e. The quantitative estimate of drug-likeness (QED) is 0.149. The van der Waals surface area contributed by atoms with Crippen LogP contribution in [-0.2, 0) is 11.2 Å². The molecule has 5 aromatic rings. The molecular weight excluding hydrogens is 633 g/mol. The van der Waals surface area contributed by atoms with Crippen LogP contribution >= 0.6 is 0 Å². The summed E-state index contributed by atoms with van der Waals surface area (Å²) < 4.78 is 49.0. The number of rotatable bonds is 8. The number of halogens is 3. The highest BCUT2D eigenvalue weighted by Gasteiger charge is 2.23. The van der Waals surface area contributed by atoms with Crippen molar-refractivity contribution in [2.24, 2.45) is 0 Å². The van der Waals surface area contributed by atoms with Crippen LogP contribution in [0.25, 0.3) is 22.0 Å². The molecule has 4 aromatic carbocycles. The molecule has 49 heavy (non-hydrogen) atoms. The Morgan fingerprint density at radius 1 is 0.939 bits per heavy atom. The highest BCUT2D eigenvalue weighted by molar-refractivity contribution is 6.11. The summed E-state index contributed by atoms with van der Waals surface area (Å²) >= 11 is 0. The molecule has 0 aliphatic carbocycles. The molecule has 0 bridgehead atoms. The van der Waals surface area contributed by atoms with Crippen molar-refractivity contribution in [1.29, 1.82) is 0 Å². The lowest BCUT2D eigenvalue weighted by Crippen LogP contribution is -2.44.